The molecule has 2 aromatic carbocycles. The Labute approximate surface area is 235 Å². The number of amides is 1. The van der Waals surface area contributed by atoms with E-state index in [1.165, 1.54) is 17.7 Å². The van der Waals surface area contributed by atoms with E-state index in [1.807, 2.05) is 36.9 Å². The molecule has 1 N–H and O–H groups in total. The first kappa shape index (κ1) is 34.6. The van der Waals surface area contributed by atoms with Crippen molar-refractivity contribution in [1.82, 2.24) is 9.80 Å². The number of nitrogens with zero attached hydrogens (tertiary/aromatic N) is 2. The Morgan fingerprint density at radius 1 is 0.738 bits per heavy atom. The molecule has 6 nitrogen and oxygen atoms in total. The summed E-state index contributed by atoms with van der Waals surface area (Å²) in [5, 5.41) is 3.13. The van der Waals surface area contributed by atoms with Crippen LogP contribution in [0.15, 0.2) is 54.6 Å². The molecule has 1 aliphatic heterocycles. The van der Waals surface area contributed by atoms with Gasteiger partial charge >= 0.3 is 30.1 Å². The molecular weight excluding hydrogens is 585 g/mol. The van der Waals surface area contributed by atoms with Crippen molar-refractivity contribution in [2.45, 2.75) is 45.0 Å². The van der Waals surface area contributed by atoms with Crippen LogP contribution >= 0.6 is 0 Å². The molecular formula is C27H28F9N3O3. The van der Waals surface area contributed by atoms with E-state index in [9.17, 15) is 53.9 Å². The first-order chi connectivity index (χ1) is 19.3. The third kappa shape index (κ3) is 10.3. The van der Waals surface area contributed by atoms with Gasteiger partial charge in [0.2, 0.25) is 5.91 Å². The zero-order chi connectivity index (χ0) is 31.9. The molecule has 0 saturated carbocycles. The molecule has 0 spiro atoms. The maximum atomic E-state index is 13.1. The van der Waals surface area contributed by atoms with E-state index in [2.05, 4.69) is 22.3 Å². The van der Waals surface area contributed by atoms with E-state index < -0.39 is 41.7 Å². The molecule has 2 aromatic rings. The van der Waals surface area contributed by atoms with Crippen molar-refractivity contribution in [3.05, 3.63) is 65.7 Å². The third-order valence-corrected chi connectivity index (χ3v) is 6.12. The van der Waals surface area contributed by atoms with Crippen LogP contribution in [0.25, 0.3) is 0 Å². The highest BCUT2D eigenvalue weighted by atomic mass is 19.4. The number of Topliss-reactive ketones (excluding diaryl/α,β-unsaturated/α-hetero) is 2. The zero-order valence-electron chi connectivity index (χ0n) is 22.4. The number of rotatable bonds is 7. The lowest BCUT2D eigenvalue weighted by molar-refractivity contribution is -0.193. The molecule has 1 amide bonds. The Balaban J connectivity index is 0.000000435. The van der Waals surface area contributed by atoms with E-state index in [4.69, 9.17) is 0 Å². The summed E-state index contributed by atoms with van der Waals surface area (Å²) in [5.74, 6) is -6.82. The van der Waals surface area contributed by atoms with Gasteiger partial charge in [0.05, 0.1) is 5.56 Å². The Kier molecular flexibility index (Phi) is 11.6. The molecule has 1 aliphatic rings. The van der Waals surface area contributed by atoms with Gasteiger partial charge in [-0.05, 0) is 35.7 Å². The predicted molar refractivity (Wildman–Crippen MR) is 134 cm³/mol. The Hall–Kier alpha value is -3.62. The maximum Gasteiger partial charge on any atom is 0.458 e. The number of anilines is 1. The number of alkyl halides is 9. The number of carbonyl (C=O) groups is 3. The molecule has 0 aromatic heterocycles. The van der Waals surface area contributed by atoms with Gasteiger partial charge in [-0.2, -0.15) is 39.5 Å². The molecule has 0 aliphatic carbocycles. The number of nitrogens with one attached hydrogen (secondary N) is 1. The fourth-order valence-corrected chi connectivity index (χ4v) is 3.87. The van der Waals surface area contributed by atoms with Gasteiger partial charge in [-0.1, -0.05) is 44.2 Å². The average molecular weight is 614 g/mol. The van der Waals surface area contributed by atoms with E-state index in [1.54, 1.807) is 0 Å². The fourth-order valence-electron chi connectivity index (χ4n) is 3.87. The smallest absolute Gasteiger partial charge is 0.373 e. The number of hydrogen-bond acceptors (Lipinski definition) is 5. The first-order valence-corrected chi connectivity index (χ1v) is 12.5. The van der Waals surface area contributed by atoms with Gasteiger partial charge in [0.15, 0.2) is 0 Å². The van der Waals surface area contributed by atoms with Gasteiger partial charge < -0.3 is 10.2 Å². The summed E-state index contributed by atoms with van der Waals surface area (Å²) in [6.07, 6.45) is -15.9. The number of ketones is 2. The predicted octanol–water partition coefficient (Wildman–Crippen LogP) is 5.74. The lowest BCUT2D eigenvalue weighted by atomic mass is 10.0. The van der Waals surface area contributed by atoms with E-state index in [-0.39, 0.29) is 11.8 Å². The molecule has 3 rings (SSSR count). The van der Waals surface area contributed by atoms with Gasteiger partial charge in [-0.25, -0.2) is 0 Å². The summed E-state index contributed by atoms with van der Waals surface area (Å²) < 4.78 is 105. The first-order valence-electron chi connectivity index (χ1n) is 12.5. The van der Waals surface area contributed by atoms with Crippen molar-refractivity contribution in [1.29, 1.82) is 0 Å². The molecule has 1 atom stereocenters. The Morgan fingerprint density at radius 2 is 1.21 bits per heavy atom. The zero-order valence-corrected chi connectivity index (χ0v) is 22.4. The fraction of sp³-hybridized carbons (Fsp3) is 0.444. The summed E-state index contributed by atoms with van der Waals surface area (Å²) in [5.41, 5.74) is 1.06. The van der Waals surface area contributed by atoms with E-state index in [0.717, 1.165) is 31.8 Å². The molecule has 0 radical (unpaired) electrons. The molecule has 0 bridgehead atoms. The SMILES string of the molecule is CC(C)[C@@H](Nc1ccc(C(F)(F)F)cc1)C(=O)N1CCN(Cc2ccccc2)CC1.O=C(C(=O)C(F)(F)F)C(F)(F)F. The summed E-state index contributed by atoms with van der Waals surface area (Å²) in [6, 6.07) is 14.6. The third-order valence-electron chi connectivity index (χ3n) is 6.12. The van der Waals surface area contributed by atoms with Crippen molar-refractivity contribution in [2.75, 3.05) is 31.5 Å². The van der Waals surface area contributed by atoms with Gasteiger partial charge in [-0.3, -0.25) is 19.3 Å². The molecule has 0 unspecified atom stereocenters. The minimum atomic E-state index is -5.77. The largest absolute Gasteiger partial charge is 0.458 e. The maximum absolute atomic E-state index is 13.1. The molecule has 42 heavy (non-hydrogen) atoms. The van der Waals surface area contributed by atoms with Gasteiger partial charge in [-0.15, -0.1) is 0 Å². The number of carbonyl (C=O) groups excluding carboxylic acids is 3. The molecule has 1 heterocycles. The topological polar surface area (TPSA) is 69.7 Å². The van der Waals surface area contributed by atoms with E-state index >= 15 is 0 Å². The van der Waals surface area contributed by atoms with Crippen molar-refractivity contribution in [3.63, 3.8) is 0 Å². The Bertz CT molecular complexity index is 1160. The van der Waals surface area contributed by atoms with Crippen LogP contribution in [0.2, 0.25) is 0 Å². The number of hydrogen-bond donors (Lipinski definition) is 1. The highest BCUT2D eigenvalue weighted by molar-refractivity contribution is 6.41. The summed E-state index contributed by atoms with van der Waals surface area (Å²) in [4.78, 5) is 36.5. The quantitative estimate of drug-likeness (QED) is 0.319. The van der Waals surface area contributed by atoms with Crippen LogP contribution in [-0.2, 0) is 27.1 Å². The standard InChI is InChI=1S/C23H28F3N3O.C4F6O2/c1-17(2)21(27-20-10-8-19(9-11-20)23(24,25)26)22(30)29-14-12-28(13-15-29)16-18-6-4-3-5-7-18;5-3(6,7)1(11)2(12)4(8,9)10/h3-11,17,21,27H,12-16H2,1-2H3;/t21-;/m1./s1. The highest BCUT2D eigenvalue weighted by Crippen LogP contribution is 2.30. The highest BCUT2D eigenvalue weighted by Gasteiger charge is 2.54. The van der Waals surface area contributed by atoms with Crippen molar-refractivity contribution in [3.8, 4) is 0 Å². The average Bonchev–Trinajstić information content (AvgIpc) is 2.90. The van der Waals surface area contributed by atoms with Crippen LogP contribution in [0.1, 0.15) is 25.0 Å². The second-order valence-electron chi connectivity index (χ2n) is 9.68. The normalized spacial score (nSPS) is 15.5. The summed E-state index contributed by atoms with van der Waals surface area (Å²) >= 11 is 0. The van der Waals surface area contributed by atoms with Crippen LogP contribution in [0.3, 0.4) is 0 Å². The number of piperazine rings is 1. The lowest BCUT2D eigenvalue weighted by Gasteiger charge is -2.37. The minimum Gasteiger partial charge on any atom is -0.373 e. The van der Waals surface area contributed by atoms with Gasteiger partial charge in [0, 0.05) is 38.4 Å². The Morgan fingerprint density at radius 3 is 1.62 bits per heavy atom. The van der Waals surface area contributed by atoms with Crippen LogP contribution in [0, 0.1) is 5.92 Å². The van der Waals surface area contributed by atoms with E-state index in [0.29, 0.717) is 18.8 Å². The molecule has 15 heteroatoms. The van der Waals surface area contributed by atoms with Crippen molar-refractivity contribution in [2.24, 2.45) is 5.92 Å². The minimum absolute atomic E-state index is 0.00198. The molecule has 232 valence electrons. The van der Waals surface area contributed by atoms with Crippen LogP contribution in [0.5, 0.6) is 0 Å². The number of halogens is 9. The molecule has 1 fully saturated rings. The second kappa shape index (κ2) is 14.0. The number of benzene rings is 2. The summed E-state index contributed by atoms with van der Waals surface area (Å²) in [7, 11) is 0. The van der Waals surface area contributed by atoms with Crippen molar-refractivity contribution >= 4 is 23.2 Å². The second-order valence-corrected chi connectivity index (χ2v) is 9.68. The van der Waals surface area contributed by atoms with Crippen molar-refractivity contribution < 1.29 is 53.9 Å². The van der Waals surface area contributed by atoms with Crippen LogP contribution in [0.4, 0.5) is 45.2 Å². The molecule has 1 saturated heterocycles. The van der Waals surface area contributed by atoms with Gasteiger partial charge in [0.1, 0.15) is 6.04 Å². The van der Waals surface area contributed by atoms with Crippen LogP contribution < -0.4 is 5.32 Å². The van der Waals surface area contributed by atoms with Gasteiger partial charge in [0.25, 0.3) is 0 Å². The lowest BCUT2D eigenvalue weighted by Crippen LogP contribution is -2.53. The van der Waals surface area contributed by atoms with Crippen LogP contribution in [-0.4, -0.2) is 71.8 Å². The monoisotopic (exact) mass is 613 g/mol. The summed E-state index contributed by atoms with van der Waals surface area (Å²) in [6.45, 7) is 7.61.